The third-order valence-electron chi connectivity index (χ3n) is 2.39. The maximum Gasteiger partial charge on any atom is 0.211 e. The number of rotatable bonds is 4. The Morgan fingerprint density at radius 1 is 1.50 bits per heavy atom. The van der Waals surface area contributed by atoms with Crippen LogP contribution in [0.25, 0.3) is 11.3 Å². The first-order valence-electron chi connectivity index (χ1n) is 5.39. The van der Waals surface area contributed by atoms with Crippen molar-refractivity contribution in [2.75, 3.05) is 6.54 Å². The minimum atomic E-state index is 0.135. The Labute approximate surface area is 94.5 Å². The Kier molecular flexibility index (Phi) is 3.05. The van der Waals surface area contributed by atoms with Crippen LogP contribution in [0.1, 0.15) is 25.8 Å². The fraction of sp³-hybridized carbons (Fsp3) is 0.455. The van der Waals surface area contributed by atoms with Crippen molar-refractivity contribution in [3.8, 4) is 11.3 Å². The van der Waals surface area contributed by atoms with Crippen molar-refractivity contribution in [1.82, 2.24) is 20.1 Å². The average molecular weight is 220 g/mol. The highest BCUT2D eigenvalue weighted by Crippen LogP contribution is 2.22. The quantitative estimate of drug-likeness (QED) is 0.852. The Balaban J connectivity index is 2.19. The van der Waals surface area contributed by atoms with Gasteiger partial charge in [0.1, 0.15) is 0 Å². The van der Waals surface area contributed by atoms with E-state index in [0.717, 1.165) is 17.9 Å². The van der Waals surface area contributed by atoms with Gasteiger partial charge in [0, 0.05) is 13.2 Å². The molecule has 2 rings (SSSR count). The molecule has 0 bridgehead atoms. The van der Waals surface area contributed by atoms with E-state index >= 15 is 0 Å². The molecule has 2 aromatic heterocycles. The summed E-state index contributed by atoms with van der Waals surface area (Å²) in [5, 5.41) is 7.35. The summed E-state index contributed by atoms with van der Waals surface area (Å²) in [4.78, 5) is 4.25. The van der Waals surface area contributed by atoms with E-state index < -0.39 is 0 Å². The van der Waals surface area contributed by atoms with Crippen molar-refractivity contribution < 1.29 is 4.42 Å². The van der Waals surface area contributed by atoms with Crippen molar-refractivity contribution in [2.45, 2.75) is 19.9 Å². The zero-order chi connectivity index (χ0) is 11.5. The Bertz CT molecular complexity index is 460. The molecule has 2 heterocycles. The van der Waals surface area contributed by atoms with E-state index in [-0.39, 0.29) is 6.04 Å². The molecule has 1 unspecified atom stereocenters. The predicted octanol–water partition coefficient (Wildman–Crippen LogP) is 1.75. The topological polar surface area (TPSA) is 55.9 Å². The first-order valence-corrected chi connectivity index (χ1v) is 5.39. The van der Waals surface area contributed by atoms with Gasteiger partial charge in [0.05, 0.1) is 24.0 Å². The van der Waals surface area contributed by atoms with E-state index in [2.05, 4.69) is 22.3 Å². The molecule has 0 aliphatic carbocycles. The number of hydrogen-bond donors (Lipinski definition) is 1. The zero-order valence-corrected chi connectivity index (χ0v) is 9.77. The van der Waals surface area contributed by atoms with Crippen LogP contribution in [0.2, 0.25) is 0 Å². The molecule has 1 N–H and O–H groups in total. The van der Waals surface area contributed by atoms with Gasteiger partial charge in [-0.1, -0.05) is 6.92 Å². The highest BCUT2D eigenvalue weighted by atomic mass is 16.4. The first-order chi connectivity index (χ1) is 7.70. The molecule has 0 aliphatic rings. The van der Waals surface area contributed by atoms with Gasteiger partial charge in [-0.05, 0) is 13.5 Å². The minimum Gasteiger partial charge on any atom is -0.439 e. The number of nitrogens with one attached hydrogen (secondary N) is 1. The highest BCUT2D eigenvalue weighted by Gasteiger charge is 2.12. The third kappa shape index (κ3) is 2.14. The monoisotopic (exact) mass is 220 g/mol. The van der Waals surface area contributed by atoms with Gasteiger partial charge in [-0.2, -0.15) is 5.10 Å². The second-order valence-corrected chi connectivity index (χ2v) is 3.74. The molecule has 1 atom stereocenters. The second kappa shape index (κ2) is 4.49. The molecule has 2 aromatic rings. The first kappa shape index (κ1) is 10.9. The molecule has 0 saturated carbocycles. The molecule has 0 aromatic carbocycles. The second-order valence-electron chi connectivity index (χ2n) is 3.74. The van der Waals surface area contributed by atoms with Crippen LogP contribution in [-0.2, 0) is 7.05 Å². The normalized spacial score (nSPS) is 12.9. The fourth-order valence-electron chi connectivity index (χ4n) is 1.56. The Morgan fingerprint density at radius 3 is 2.94 bits per heavy atom. The lowest BCUT2D eigenvalue weighted by atomic mass is 10.3. The van der Waals surface area contributed by atoms with Crippen molar-refractivity contribution in [3.05, 3.63) is 24.5 Å². The lowest BCUT2D eigenvalue weighted by Gasteiger charge is -2.06. The van der Waals surface area contributed by atoms with Gasteiger partial charge in [0.25, 0.3) is 0 Å². The van der Waals surface area contributed by atoms with Crippen LogP contribution in [0.5, 0.6) is 0 Å². The minimum absolute atomic E-state index is 0.135. The summed E-state index contributed by atoms with van der Waals surface area (Å²) >= 11 is 0. The van der Waals surface area contributed by atoms with Gasteiger partial charge in [-0.15, -0.1) is 0 Å². The summed E-state index contributed by atoms with van der Waals surface area (Å²) in [7, 11) is 1.88. The molecule has 86 valence electrons. The molecule has 0 spiro atoms. The summed E-state index contributed by atoms with van der Waals surface area (Å²) in [5.74, 6) is 1.47. The number of aromatic nitrogens is 3. The zero-order valence-electron chi connectivity index (χ0n) is 9.77. The van der Waals surface area contributed by atoms with Crippen LogP contribution in [0.4, 0.5) is 0 Å². The molecule has 0 saturated heterocycles. The van der Waals surface area contributed by atoms with Crippen LogP contribution < -0.4 is 5.32 Å². The summed E-state index contributed by atoms with van der Waals surface area (Å²) in [6.07, 6.45) is 5.41. The van der Waals surface area contributed by atoms with Gasteiger partial charge in [0.15, 0.2) is 5.76 Å². The van der Waals surface area contributed by atoms with Gasteiger partial charge in [-0.3, -0.25) is 4.68 Å². The lowest BCUT2D eigenvalue weighted by molar-refractivity contribution is 0.429. The molecule has 5 nitrogen and oxygen atoms in total. The summed E-state index contributed by atoms with van der Waals surface area (Å²) < 4.78 is 7.41. The lowest BCUT2D eigenvalue weighted by Crippen LogP contribution is -2.17. The van der Waals surface area contributed by atoms with Crippen LogP contribution in [-0.4, -0.2) is 21.3 Å². The molecule has 16 heavy (non-hydrogen) atoms. The predicted molar refractivity (Wildman–Crippen MR) is 60.8 cm³/mol. The maximum atomic E-state index is 5.67. The third-order valence-corrected chi connectivity index (χ3v) is 2.39. The van der Waals surface area contributed by atoms with Crippen molar-refractivity contribution in [2.24, 2.45) is 7.05 Å². The van der Waals surface area contributed by atoms with Crippen LogP contribution in [0, 0.1) is 0 Å². The molecule has 0 aliphatic heterocycles. The highest BCUT2D eigenvalue weighted by molar-refractivity contribution is 5.53. The molecule has 5 heteroatoms. The van der Waals surface area contributed by atoms with E-state index in [1.807, 2.05) is 20.2 Å². The van der Waals surface area contributed by atoms with E-state index in [0.29, 0.717) is 5.89 Å². The summed E-state index contributed by atoms with van der Waals surface area (Å²) in [5.41, 5.74) is 0.949. The Morgan fingerprint density at radius 2 is 2.31 bits per heavy atom. The number of oxazole rings is 1. The van der Waals surface area contributed by atoms with Gasteiger partial charge < -0.3 is 9.73 Å². The fourth-order valence-corrected chi connectivity index (χ4v) is 1.56. The summed E-state index contributed by atoms with van der Waals surface area (Å²) in [6, 6.07) is 0.135. The standard InChI is InChI=1S/C11H16N4O/c1-4-12-8(2)11-13-6-10(16-11)9-5-14-15(3)7-9/h5-8,12H,4H2,1-3H3. The number of nitrogens with zero attached hydrogens (tertiary/aromatic N) is 3. The maximum absolute atomic E-state index is 5.67. The molecule has 0 amide bonds. The van der Waals surface area contributed by atoms with Gasteiger partial charge >= 0.3 is 0 Å². The van der Waals surface area contributed by atoms with E-state index in [1.54, 1.807) is 17.1 Å². The van der Waals surface area contributed by atoms with Gasteiger partial charge in [0.2, 0.25) is 5.89 Å². The molecular formula is C11H16N4O. The largest absolute Gasteiger partial charge is 0.439 e. The smallest absolute Gasteiger partial charge is 0.211 e. The number of hydrogen-bond acceptors (Lipinski definition) is 4. The summed E-state index contributed by atoms with van der Waals surface area (Å²) in [6.45, 7) is 4.98. The molecule has 0 fully saturated rings. The van der Waals surface area contributed by atoms with Crippen molar-refractivity contribution in [1.29, 1.82) is 0 Å². The molecule has 0 radical (unpaired) electrons. The number of aryl methyl sites for hydroxylation is 1. The van der Waals surface area contributed by atoms with Gasteiger partial charge in [-0.25, -0.2) is 4.98 Å². The molecular weight excluding hydrogens is 204 g/mol. The Hall–Kier alpha value is -1.62. The van der Waals surface area contributed by atoms with Crippen molar-refractivity contribution >= 4 is 0 Å². The van der Waals surface area contributed by atoms with E-state index in [4.69, 9.17) is 4.42 Å². The van der Waals surface area contributed by atoms with Crippen LogP contribution >= 0.6 is 0 Å². The van der Waals surface area contributed by atoms with E-state index in [1.165, 1.54) is 0 Å². The van der Waals surface area contributed by atoms with Crippen molar-refractivity contribution in [3.63, 3.8) is 0 Å². The van der Waals surface area contributed by atoms with Crippen LogP contribution in [0.15, 0.2) is 23.0 Å². The SMILES string of the molecule is CCNC(C)c1ncc(-c2cnn(C)c2)o1. The van der Waals surface area contributed by atoms with E-state index in [9.17, 15) is 0 Å². The average Bonchev–Trinajstić information content (AvgIpc) is 2.85. The van der Waals surface area contributed by atoms with Crippen LogP contribution in [0.3, 0.4) is 0 Å².